The fourth-order valence-electron chi connectivity index (χ4n) is 0.689. The monoisotopic (exact) mass is 312 g/mol. The van der Waals surface area contributed by atoms with Gasteiger partial charge in [0.1, 0.15) is 5.75 Å². The molecule has 0 radical (unpaired) electrons. The van der Waals surface area contributed by atoms with Gasteiger partial charge in [0.25, 0.3) is 0 Å². The Morgan fingerprint density at radius 3 is 2.00 bits per heavy atom. The third-order valence-corrected chi connectivity index (χ3v) is 3.02. The summed E-state index contributed by atoms with van der Waals surface area (Å²) >= 11 is 27.4. The highest BCUT2D eigenvalue weighted by atomic mass is 35.9. The number of benzene rings is 1. The average molecular weight is 314 g/mol. The van der Waals surface area contributed by atoms with Crippen molar-refractivity contribution < 1.29 is 9.09 Å². The van der Waals surface area contributed by atoms with Gasteiger partial charge < -0.3 is 4.52 Å². The molecule has 0 fully saturated rings. The zero-order valence-corrected chi connectivity index (χ0v) is 11.0. The minimum Gasteiger partial charge on any atom is -0.421 e. The second-order valence-corrected chi connectivity index (χ2v) is 7.63. The number of hydrogen-bond acceptors (Lipinski definition) is 2. The molecule has 78 valence electrons. The van der Waals surface area contributed by atoms with Gasteiger partial charge >= 0.3 is 6.07 Å². The molecule has 1 aromatic carbocycles. The Bertz CT molecular complexity index is 401. The molecule has 14 heavy (non-hydrogen) atoms. The van der Waals surface area contributed by atoms with Gasteiger partial charge in [0.05, 0.1) is 15.1 Å². The molecule has 0 saturated carbocycles. The molecule has 0 aliphatic rings. The first-order valence-corrected chi connectivity index (χ1v) is 7.70. The molecule has 0 N–H and O–H groups in total. The third-order valence-electron chi connectivity index (χ3n) is 1.18. The van der Waals surface area contributed by atoms with E-state index in [2.05, 4.69) is 4.52 Å². The summed E-state index contributed by atoms with van der Waals surface area (Å²) in [6.07, 6.45) is -3.69. The Hall–Kier alpha value is 0.700. The highest BCUT2D eigenvalue weighted by Crippen LogP contribution is 2.58. The molecule has 0 atom stereocenters. The Labute approximate surface area is 105 Å². The lowest BCUT2D eigenvalue weighted by Gasteiger charge is -2.08. The summed E-state index contributed by atoms with van der Waals surface area (Å²) in [4.78, 5) is 0. The van der Waals surface area contributed by atoms with Crippen molar-refractivity contribution in [2.24, 2.45) is 0 Å². The molecule has 0 aromatic heterocycles. The van der Waals surface area contributed by atoms with Crippen LogP contribution in [0.25, 0.3) is 0 Å². The van der Waals surface area contributed by atoms with E-state index in [9.17, 15) is 4.57 Å². The lowest BCUT2D eigenvalue weighted by atomic mass is 10.3. The first kappa shape index (κ1) is 12.8. The van der Waals surface area contributed by atoms with Gasteiger partial charge in [0.2, 0.25) is 0 Å². The van der Waals surface area contributed by atoms with Crippen LogP contribution in [0.4, 0.5) is 0 Å². The summed E-state index contributed by atoms with van der Waals surface area (Å²) in [5, 5.41) is 0.580. The standard InChI is InChI=1S/C6H2Cl5O2P/c7-3-1-5(9)6(2-4(3)8)13-14(10,11)12/h1-2H. The van der Waals surface area contributed by atoms with Crippen LogP contribution in [0.15, 0.2) is 12.1 Å². The Kier molecular flexibility index (Phi) is 4.28. The minimum atomic E-state index is -3.69. The molecular weight excluding hydrogens is 312 g/mol. The summed E-state index contributed by atoms with van der Waals surface area (Å²) in [5.74, 6) is 0.0226. The Balaban J connectivity index is 3.11. The summed E-state index contributed by atoms with van der Waals surface area (Å²) in [6.45, 7) is 0. The predicted molar refractivity (Wildman–Crippen MR) is 61.4 cm³/mol. The van der Waals surface area contributed by atoms with Crippen LogP contribution in [0.3, 0.4) is 0 Å². The topological polar surface area (TPSA) is 26.3 Å². The van der Waals surface area contributed by atoms with E-state index in [-0.39, 0.29) is 20.8 Å². The SMILES string of the molecule is O=P(Cl)(Cl)Oc1cc(Cl)c(Cl)cc1Cl. The van der Waals surface area contributed by atoms with Crippen LogP contribution < -0.4 is 4.52 Å². The third kappa shape index (κ3) is 3.69. The summed E-state index contributed by atoms with van der Waals surface area (Å²) in [7, 11) is 0. The van der Waals surface area contributed by atoms with Gasteiger partial charge in [-0.15, -0.1) is 0 Å². The maximum atomic E-state index is 10.9. The van der Waals surface area contributed by atoms with Crippen LogP contribution >= 0.6 is 63.4 Å². The maximum Gasteiger partial charge on any atom is 0.428 e. The molecule has 2 nitrogen and oxygen atoms in total. The summed E-state index contributed by atoms with van der Waals surface area (Å²) < 4.78 is 15.6. The highest BCUT2D eigenvalue weighted by Gasteiger charge is 2.19. The van der Waals surface area contributed by atoms with Crippen LogP contribution in [0.2, 0.25) is 15.1 Å². The van der Waals surface area contributed by atoms with Gasteiger partial charge in [0, 0.05) is 28.5 Å². The number of rotatable bonds is 2. The van der Waals surface area contributed by atoms with Crippen molar-refractivity contribution in [1.82, 2.24) is 0 Å². The van der Waals surface area contributed by atoms with Crippen LogP contribution in [0.5, 0.6) is 5.75 Å². The van der Waals surface area contributed by atoms with Crippen molar-refractivity contribution in [3.05, 3.63) is 27.2 Å². The van der Waals surface area contributed by atoms with Gasteiger partial charge in [-0.3, -0.25) is 0 Å². The largest absolute Gasteiger partial charge is 0.428 e. The Morgan fingerprint density at radius 2 is 1.50 bits per heavy atom. The fraction of sp³-hybridized carbons (Fsp3) is 0. The smallest absolute Gasteiger partial charge is 0.421 e. The number of hydrogen-bond donors (Lipinski definition) is 0. The molecule has 8 heteroatoms. The van der Waals surface area contributed by atoms with Crippen LogP contribution in [-0.4, -0.2) is 0 Å². The predicted octanol–water partition coefficient (Wildman–Crippen LogP) is 5.61. The highest BCUT2D eigenvalue weighted by molar-refractivity contribution is 8.05. The molecule has 0 unspecified atom stereocenters. The molecule has 0 bridgehead atoms. The zero-order valence-electron chi connectivity index (χ0n) is 6.31. The lowest BCUT2D eigenvalue weighted by Crippen LogP contribution is -1.83. The maximum absolute atomic E-state index is 10.9. The summed E-state index contributed by atoms with van der Waals surface area (Å²) in [6, 6.07) is 2.62. The summed E-state index contributed by atoms with van der Waals surface area (Å²) in [5.41, 5.74) is 0. The lowest BCUT2D eigenvalue weighted by molar-refractivity contribution is 0.513. The van der Waals surface area contributed by atoms with Crippen LogP contribution in [0.1, 0.15) is 0 Å². The molecular formula is C6H2Cl5O2P. The molecule has 1 aromatic rings. The Morgan fingerprint density at radius 1 is 1.00 bits per heavy atom. The van der Waals surface area contributed by atoms with Crippen LogP contribution in [0, 0.1) is 0 Å². The fourth-order valence-corrected chi connectivity index (χ4v) is 2.14. The molecule has 0 aliphatic carbocycles. The second kappa shape index (κ2) is 4.69. The van der Waals surface area contributed by atoms with Gasteiger partial charge in [0.15, 0.2) is 0 Å². The first-order valence-electron chi connectivity index (χ1n) is 3.13. The van der Waals surface area contributed by atoms with E-state index < -0.39 is 6.07 Å². The van der Waals surface area contributed by atoms with E-state index in [1.165, 1.54) is 12.1 Å². The van der Waals surface area contributed by atoms with Gasteiger partial charge in [-0.2, -0.15) is 0 Å². The normalized spacial score (nSPS) is 11.5. The van der Waals surface area contributed by atoms with Crippen molar-refractivity contribution in [2.75, 3.05) is 0 Å². The van der Waals surface area contributed by atoms with E-state index in [0.717, 1.165) is 0 Å². The second-order valence-electron chi connectivity index (χ2n) is 2.20. The first-order chi connectivity index (χ1) is 6.29. The van der Waals surface area contributed by atoms with Gasteiger partial charge in [-0.25, -0.2) is 4.57 Å². The van der Waals surface area contributed by atoms with E-state index >= 15 is 0 Å². The van der Waals surface area contributed by atoms with Crippen molar-refractivity contribution >= 4 is 63.4 Å². The van der Waals surface area contributed by atoms with E-state index in [4.69, 9.17) is 57.3 Å². The van der Waals surface area contributed by atoms with E-state index in [1.54, 1.807) is 0 Å². The van der Waals surface area contributed by atoms with E-state index in [1.807, 2.05) is 0 Å². The van der Waals surface area contributed by atoms with Gasteiger partial charge in [-0.1, -0.05) is 34.8 Å². The minimum absolute atomic E-state index is 0.0226. The van der Waals surface area contributed by atoms with Gasteiger partial charge in [-0.05, 0) is 6.07 Å². The molecule has 0 amide bonds. The molecule has 0 aliphatic heterocycles. The van der Waals surface area contributed by atoms with Crippen molar-refractivity contribution in [3.8, 4) is 5.75 Å². The zero-order chi connectivity index (χ0) is 10.9. The molecule has 0 spiro atoms. The molecule has 1 rings (SSSR count). The van der Waals surface area contributed by atoms with Crippen molar-refractivity contribution in [1.29, 1.82) is 0 Å². The average Bonchev–Trinajstić information content (AvgIpc) is 1.97. The van der Waals surface area contributed by atoms with Crippen molar-refractivity contribution in [2.45, 2.75) is 0 Å². The number of halogens is 5. The molecule has 0 saturated heterocycles. The van der Waals surface area contributed by atoms with Crippen LogP contribution in [-0.2, 0) is 4.57 Å². The quantitative estimate of drug-likeness (QED) is 0.524. The van der Waals surface area contributed by atoms with Crippen molar-refractivity contribution in [3.63, 3.8) is 0 Å². The van der Waals surface area contributed by atoms with E-state index in [0.29, 0.717) is 0 Å². The molecule has 0 heterocycles.